The van der Waals surface area contributed by atoms with Crippen molar-refractivity contribution >= 4 is 17.6 Å². The summed E-state index contributed by atoms with van der Waals surface area (Å²) in [5, 5.41) is 11.6. The van der Waals surface area contributed by atoms with Gasteiger partial charge in [-0.3, -0.25) is 4.79 Å². The van der Waals surface area contributed by atoms with Crippen LogP contribution in [0.4, 0.5) is 18.9 Å². The van der Waals surface area contributed by atoms with Crippen LogP contribution in [0.15, 0.2) is 66.7 Å². The monoisotopic (exact) mass is 499 g/mol. The molecular formula is C27H24F3NO5. The maximum absolute atomic E-state index is 14.9. The third kappa shape index (κ3) is 4.09. The zero-order chi connectivity index (χ0) is 26.3. The Balaban J connectivity index is 1.98. The number of rotatable bonds is 5. The number of alkyl halides is 3. The van der Waals surface area contributed by atoms with Crippen molar-refractivity contribution < 1.29 is 37.3 Å². The highest BCUT2D eigenvalue weighted by Crippen LogP contribution is 2.54. The zero-order valence-electron chi connectivity index (χ0n) is 19.8. The number of carbonyl (C=O) groups excluding carboxylic acids is 2. The van der Waals surface area contributed by atoms with Gasteiger partial charge in [-0.1, -0.05) is 55.5 Å². The second-order valence-electron chi connectivity index (χ2n) is 8.54. The molecule has 9 heteroatoms. The van der Waals surface area contributed by atoms with Gasteiger partial charge in [0.2, 0.25) is 0 Å². The number of hydrogen-bond acceptors (Lipinski definition) is 5. The van der Waals surface area contributed by atoms with Crippen LogP contribution in [-0.2, 0) is 15.1 Å². The van der Waals surface area contributed by atoms with E-state index in [1.807, 2.05) is 0 Å². The second kappa shape index (κ2) is 9.31. The van der Waals surface area contributed by atoms with Gasteiger partial charge in [0, 0.05) is 18.5 Å². The maximum atomic E-state index is 14.9. The number of methoxy groups -OCH3 is 1. The molecule has 6 nitrogen and oxygen atoms in total. The van der Waals surface area contributed by atoms with Gasteiger partial charge in [0.15, 0.2) is 12.2 Å². The third-order valence-corrected chi connectivity index (χ3v) is 6.56. The van der Waals surface area contributed by atoms with Crippen molar-refractivity contribution in [2.75, 3.05) is 25.7 Å². The molecule has 0 saturated heterocycles. The third-order valence-electron chi connectivity index (χ3n) is 6.56. The molecule has 3 aromatic carbocycles. The molecule has 1 amide bonds. The van der Waals surface area contributed by atoms with Crippen molar-refractivity contribution in [1.29, 1.82) is 0 Å². The molecule has 0 aliphatic carbocycles. The van der Waals surface area contributed by atoms with Crippen LogP contribution in [0.5, 0.6) is 5.75 Å². The SMILES string of the molecule is COC(=O)c1ccc(-c2ccccc2)c(C(C)C(O)(c2cccc3c2OCC(=O)N3C)C(F)(F)F)c1. The van der Waals surface area contributed by atoms with Crippen LogP contribution < -0.4 is 9.64 Å². The number of anilines is 1. The van der Waals surface area contributed by atoms with E-state index >= 15 is 0 Å². The van der Waals surface area contributed by atoms with E-state index in [0.717, 1.165) is 6.07 Å². The number of hydrogen-bond donors (Lipinski definition) is 1. The van der Waals surface area contributed by atoms with Gasteiger partial charge in [0.1, 0.15) is 5.75 Å². The highest BCUT2D eigenvalue weighted by Gasteiger charge is 2.60. The van der Waals surface area contributed by atoms with Crippen LogP contribution in [0.2, 0.25) is 0 Å². The first kappa shape index (κ1) is 25.2. The minimum absolute atomic E-state index is 0.0419. The Kier molecular flexibility index (Phi) is 6.53. The van der Waals surface area contributed by atoms with Crippen LogP contribution in [0.3, 0.4) is 0 Å². The average Bonchev–Trinajstić information content (AvgIpc) is 2.88. The van der Waals surface area contributed by atoms with E-state index in [-0.39, 0.29) is 22.6 Å². The summed E-state index contributed by atoms with van der Waals surface area (Å²) in [6, 6.07) is 16.9. The largest absolute Gasteiger partial charge is 0.481 e. The highest BCUT2D eigenvalue weighted by molar-refractivity contribution is 5.97. The molecule has 36 heavy (non-hydrogen) atoms. The van der Waals surface area contributed by atoms with E-state index in [4.69, 9.17) is 9.47 Å². The van der Waals surface area contributed by atoms with Crippen molar-refractivity contribution in [1.82, 2.24) is 0 Å². The zero-order valence-corrected chi connectivity index (χ0v) is 19.8. The summed E-state index contributed by atoms with van der Waals surface area (Å²) in [4.78, 5) is 25.5. The summed E-state index contributed by atoms with van der Waals surface area (Å²) >= 11 is 0. The predicted molar refractivity (Wildman–Crippen MR) is 127 cm³/mol. The molecule has 1 aliphatic rings. The van der Waals surface area contributed by atoms with E-state index in [2.05, 4.69) is 0 Å². The minimum Gasteiger partial charge on any atom is -0.481 e. The molecule has 0 aromatic heterocycles. The number of aliphatic hydroxyl groups is 1. The Bertz CT molecular complexity index is 1310. The van der Waals surface area contributed by atoms with E-state index in [9.17, 15) is 27.9 Å². The highest BCUT2D eigenvalue weighted by atomic mass is 19.4. The molecular weight excluding hydrogens is 475 g/mol. The Morgan fingerprint density at radius 3 is 2.42 bits per heavy atom. The van der Waals surface area contributed by atoms with Crippen LogP contribution >= 0.6 is 0 Å². The number of para-hydroxylation sites is 1. The number of fused-ring (bicyclic) bond motifs is 1. The lowest BCUT2D eigenvalue weighted by atomic mass is 9.74. The second-order valence-corrected chi connectivity index (χ2v) is 8.54. The van der Waals surface area contributed by atoms with Crippen molar-refractivity contribution in [2.45, 2.75) is 24.6 Å². The molecule has 0 saturated carbocycles. The number of benzene rings is 3. The maximum Gasteiger partial charge on any atom is 0.422 e. The summed E-state index contributed by atoms with van der Waals surface area (Å²) in [5.74, 6) is -2.98. The van der Waals surface area contributed by atoms with Crippen molar-refractivity contribution in [3.05, 3.63) is 83.4 Å². The summed E-state index contributed by atoms with van der Waals surface area (Å²) in [6.45, 7) is 0.781. The minimum atomic E-state index is -5.15. The fourth-order valence-corrected chi connectivity index (χ4v) is 4.51. The summed E-state index contributed by atoms with van der Waals surface area (Å²) in [6.07, 6.45) is -5.15. The first-order chi connectivity index (χ1) is 17.0. The standard InChI is InChI=1S/C27H24F3NO5/c1-16(20-14-18(25(33)35-3)12-13-19(20)17-8-5-4-6-9-17)26(34,27(28,29)30)21-10-7-11-22-24(21)36-15-23(32)31(22)2/h4-14,16,34H,15H2,1-3H3. The number of nitrogens with zero attached hydrogens (tertiary/aromatic N) is 1. The molecule has 0 spiro atoms. The Morgan fingerprint density at radius 2 is 1.78 bits per heavy atom. The van der Waals surface area contributed by atoms with Crippen LogP contribution in [-0.4, -0.2) is 43.9 Å². The molecule has 2 unspecified atom stereocenters. The van der Waals surface area contributed by atoms with Gasteiger partial charge in [-0.2, -0.15) is 13.2 Å². The van der Waals surface area contributed by atoms with Gasteiger partial charge >= 0.3 is 12.1 Å². The normalized spacial score (nSPS) is 16.0. The lowest BCUT2D eigenvalue weighted by Crippen LogP contribution is -2.48. The van der Waals surface area contributed by atoms with Gasteiger partial charge in [0.05, 0.1) is 18.4 Å². The molecule has 2 atom stereocenters. The first-order valence-corrected chi connectivity index (χ1v) is 11.1. The van der Waals surface area contributed by atoms with Gasteiger partial charge in [0.25, 0.3) is 5.91 Å². The number of esters is 1. The van der Waals surface area contributed by atoms with E-state index < -0.39 is 41.7 Å². The van der Waals surface area contributed by atoms with Crippen LogP contribution in [0.1, 0.15) is 34.3 Å². The lowest BCUT2D eigenvalue weighted by molar-refractivity contribution is -0.275. The first-order valence-electron chi connectivity index (χ1n) is 11.1. The Morgan fingerprint density at radius 1 is 1.08 bits per heavy atom. The quantitative estimate of drug-likeness (QED) is 0.498. The number of amides is 1. The molecule has 3 aromatic rings. The van der Waals surface area contributed by atoms with E-state index in [1.165, 1.54) is 56.3 Å². The summed E-state index contributed by atoms with van der Waals surface area (Å²) < 4.78 is 54.8. The Hall–Kier alpha value is -3.85. The van der Waals surface area contributed by atoms with E-state index in [0.29, 0.717) is 11.1 Å². The molecule has 188 valence electrons. The van der Waals surface area contributed by atoms with Gasteiger partial charge < -0.3 is 19.5 Å². The average molecular weight is 499 g/mol. The molecule has 0 fully saturated rings. The fraction of sp³-hybridized carbons (Fsp3) is 0.259. The van der Waals surface area contributed by atoms with Crippen LogP contribution in [0, 0.1) is 0 Å². The molecule has 4 rings (SSSR count). The lowest BCUT2D eigenvalue weighted by Gasteiger charge is -2.39. The molecule has 1 heterocycles. The van der Waals surface area contributed by atoms with Gasteiger partial charge in [-0.25, -0.2) is 4.79 Å². The number of likely N-dealkylation sites (N-methyl/N-ethyl adjacent to an activating group) is 1. The summed E-state index contributed by atoms with van der Waals surface area (Å²) in [7, 11) is 2.60. The van der Waals surface area contributed by atoms with Crippen LogP contribution in [0.25, 0.3) is 11.1 Å². The topological polar surface area (TPSA) is 76.1 Å². The van der Waals surface area contributed by atoms with E-state index in [1.54, 1.807) is 30.3 Å². The fourth-order valence-electron chi connectivity index (χ4n) is 4.51. The van der Waals surface area contributed by atoms with Crippen molar-refractivity contribution in [3.63, 3.8) is 0 Å². The molecule has 1 N–H and O–H groups in total. The van der Waals surface area contributed by atoms with Gasteiger partial charge in [-0.15, -0.1) is 0 Å². The van der Waals surface area contributed by atoms with Crippen molar-refractivity contribution in [3.8, 4) is 16.9 Å². The predicted octanol–water partition coefficient (Wildman–Crippen LogP) is 5.05. The number of halogens is 3. The Labute approximate surface area is 205 Å². The number of ether oxygens (including phenoxy) is 2. The van der Waals surface area contributed by atoms with Crippen molar-refractivity contribution in [2.24, 2.45) is 0 Å². The molecule has 0 bridgehead atoms. The van der Waals surface area contributed by atoms with Gasteiger partial charge in [-0.05, 0) is 34.9 Å². The summed E-state index contributed by atoms with van der Waals surface area (Å²) in [5.41, 5.74) is -2.69. The number of carbonyl (C=O) groups is 2. The molecule has 0 radical (unpaired) electrons. The molecule has 1 aliphatic heterocycles. The smallest absolute Gasteiger partial charge is 0.422 e.